The molecule has 1 heterocycles. The van der Waals surface area contributed by atoms with Crippen LogP contribution in [0.15, 0.2) is 6.20 Å². The van der Waals surface area contributed by atoms with Crippen LogP contribution in [0.2, 0.25) is 0 Å². The van der Waals surface area contributed by atoms with E-state index < -0.39 is 5.97 Å². The highest BCUT2D eigenvalue weighted by atomic mass is 16.5. The van der Waals surface area contributed by atoms with Crippen molar-refractivity contribution in [2.75, 3.05) is 6.61 Å². The molecule has 2 N–H and O–H groups in total. The Morgan fingerprint density at radius 3 is 3.07 bits per heavy atom. The molecule has 0 aliphatic carbocycles. The van der Waals surface area contributed by atoms with Crippen molar-refractivity contribution in [2.24, 2.45) is 0 Å². The zero-order valence-electron chi connectivity index (χ0n) is 7.93. The van der Waals surface area contributed by atoms with Gasteiger partial charge in [-0.05, 0) is 6.42 Å². The smallest absolute Gasteiger partial charge is 0.329 e. The summed E-state index contributed by atoms with van der Waals surface area (Å²) in [5.74, 6) is -0.955. The highest BCUT2D eigenvalue weighted by Gasteiger charge is 2.11. The number of hydrogen-bond donors (Lipinski definition) is 2. The fourth-order valence-corrected chi connectivity index (χ4v) is 1.07. The molecule has 0 amide bonds. The maximum absolute atomic E-state index is 10.3. The highest BCUT2D eigenvalue weighted by molar-refractivity contribution is 5.68. The van der Waals surface area contributed by atoms with Crippen LogP contribution < -0.4 is 0 Å². The fourth-order valence-electron chi connectivity index (χ4n) is 1.07. The first-order chi connectivity index (χ1) is 6.72. The Hall–Kier alpha value is -1.43. The Morgan fingerprint density at radius 2 is 2.57 bits per heavy atom. The van der Waals surface area contributed by atoms with Crippen LogP contribution in [0.1, 0.15) is 19.0 Å². The number of hydrogen-bond acceptors (Lipinski definition) is 4. The minimum Gasteiger partial charge on any atom is -0.480 e. The number of nitrogens with zero attached hydrogens (tertiary/aromatic N) is 2. The van der Waals surface area contributed by atoms with Gasteiger partial charge in [-0.3, -0.25) is 5.10 Å². The molecule has 0 fully saturated rings. The summed E-state index contributed by atoms with van der Waals surface area (Å²) in [6, 6.07) is 0. The molecule has 0 aliphatic heterocycles. The largest absolute Gasteiger partial charge is 0.480 e. The molecule has 1 aromatic heterocycles. The van der Waals surface area contributed by atoms with Crippen molar-refractivity contribution in [1.82, 2.24) is 15.4 Å². The topological polar surface area (TPSA) is 88.1 Å². The van der Waals surface area contributed by atoms with Gasteiger partial charge in [0, 0.05) is 12.6 Å². The molecule has 0 saturated heterocycles. The monoisotopic (exact) mass is 199 g/mol. The van der Waals surface area contributed by atoms with Crippen molar-refractivity contribution in [3.05, 3.63) is 11.9 Å². The molecule has 1 rings (SSSR count). The van der Waals surface area contributed by atoms with Gasteiger partial charge in [0.1, 0.15) is 6.61 Å². The Labute approximate surface area is 81.3 Å². The van der Waals surface area contributed by atoms with Crippen molar-refractivity contribution in [1.29, 1.82) is 0 Å². The molecule has 0 aromatic carbocycles. The number of carboxylic acid groups (broad SMARTS) is 1. The zero-order valence-corrected chi connectivity index (χ0v) is 7.93. The molecule has 14 heavy (non-hydrogen) atoms. The predicted molar refractivity (Wildman–Crippen MR) is 47.8 cm³/mol. The van der Waals surface area contributed by atoms with Crippen LogP contribution in [0.3, 0.4) is 0 Å². The van der Waals surface area contributed by atoms with Crippen LogP contribution in [0.4, 0.5) is 0 Å². The lowest BCUT2D eigenvalue weighted by Crippen LogP contribution is -2.19. The van der Waals surface area contributed by atoms with E-state index in [2.05, 4.69) is 15.4 Å². The molecule has 6 nitrogen and oxygen atoms in total. The number of ether oxygens (including phenoxy) is 1. The molecule has 0 unspecified atom stereocenters. The van der Waals surface area contributed by atoms with Crippen molar-refractivity contribution < 1.29 is 14.6 Å². The molecule has 0 radical (unpaired) electrons. The third kappa shape index (κ3) is 3.53. The van der Waals surface area contributed by atoms with E-state index in [1.807, 2.05) is 6.92 Å². The summed E-state index contributed by atoms with van der Waals surface area (Å²) in [5, 5.41) is 18.4. The SMILES string of the molecule is CC[C@@H](Cc1c[nH]nn1)OCC(=O)O. The number of carboxylic acids is 1. The van der Waals surface area contributed by atoms with Crippen molar-refractivity contribution >= 4 is 5.97 Å². The normalized spacial score (nSPS) is 12.6. The molecule has 0 saturated carbocycles. The van der Waals surface area contributed by atoms with Gasteiger partial charge in [-0.25, -0.2) is 4.79 Å². The Kier molecular flexibility index (Phi) is 4.06. The van der Waals surface area contributed by atoms with Gasteiger partial charge in [-0.1, -0.05) is 12.1 Å². The highest BCUT2D eigenvalue weighted by Crippen LogP contribution is 2.05. The molecule has 1 atom stereocenters. The van der Waals surface area contributed by atoms with E-state index in [0.29, 0.717) is 6.42 Å². The van der Waals surface area contributed by atoms with Gasteiger partial charge < -0.3 is 9.84 Å². The number of rotatable bonds is 6. The van der Waals surface area contributed by atoms with Gasteiger partial charge in [0.2, 0.25) is 0 Å². The molecule has 1 aromatic rings. The lowest BCUT2D eigenvalue weighted by Gasteiger charge is -2.12. The first-order valence-corrected chi connectivity index (χ1v) is 4.41. The quantitative estimate of drug-likeness (QED) is 0.684. The van der Waals surface area contributed by atoms with Crippen LogP contribution in [-0.2, 0) is 16.0 Å². The molecule has 0 aliphatic rings. The summed E-state index contributed by atoms with van der Waals surface area (Å²) in [5.41, 5.74) is 0.780. The van der Waals surface area contributed by atoms with E-state index in [0.717, 1.165) is 12.1 Å². The van der Waals surface area contributed by atoms with Crippen molar-refractivity contribution in [2.45, 2.75) is 25.9 Å². The second kappa shape index (κ2) is 5.33. The summed E-state index contributed by atoms with van der Waals surface area (Å²) < 4.78 is 5.14. The maximum Gasteiger partial charge on any atom is 0.329 e. The zero-order chi connectivity index (χ0) is 10.4. The molecular weight excluding hydrogens is 186 g/mol. The first kappa shape index (κ1) is 10.6. The fraction of sp³-hybridized carbons (Fsp3) is 0.625. The standard InChI is InChI=1S/C8H13N3O3/c1-2-7(14-5-8(12)13)3-6-4-9-11-10-6/h4,7H,2-3,5H2,1H3,(H,12,13)(H,9,10,11)/t7-/m0/s1. The molecule has 6 heteroatoms. The summed E-state index contributed by atoms with van der Waals surface area (Å²) in [7, 11) is 0. The van der Waals surface area contributed by atoms with Gasteiger partial charge >= 0.3 is 5.97 Å². The van der Waals surface area contributed by atoms with E-state index in [1.54, 1.807) is 6.20 Å². The first-order valence-electron chi connectivity index (χ1n) is 4.41. The second-order valence-corrected chi connectivity index (χ2v) is 2.90. The number of nitrogens with one attached hydrogen (secondary N) is 1. The third-order valence-corrected chi connectivity index (χ3v) is 1.80. The van der Waals surface area contributed by atoms with E-state index in [9.17, 15) is 4.79 Å². The number of H-pyrrole nitrogens is 1. The van der Waals surface area contributed by atoms with E-state index in [1.165, 1.54) is 0 Å². The summed E-state index contributed by atoms with van der Waals surface area (Å²) >= 11 is 0. The Morgan fingerprint density at radius 1 is 1.79 bits per heavy atom. The number of aliphatic carboxylic acids is 1. The lowest BCUT2D eigenvalue weighted by atomic mass is 10.1. The van der Waals surface area contributed by atoms with Crippen LogP contribution in [-0.4, -0.2) is 39.2 Å². The van der Waals surface area contributed by atoms with E-state index in [4.69, 9.17) is 9.84 Å². The molecule has 0 spiro atoms. The Bertz CT molecular complexity index is 273. The van der Waals surface area contributed by atoms with Crippen molar-refractivity contribution in [3.63, 3.8) is 0 Å². The molecule has 0 bridgehead atoms. The van der Waals surface area contributed by atoms with Crippen LogP contribution in [0, 0.1) is 0 Å². The summed E-state index contributed by atoms with van der Waals surface area (Å²) in [6.07, 6.45) is 2.89. The minimum absolute atomic E-state index is 0.115. The average Bonchev–Trinajstić information content (AvgIpc) is 2.64. The maximum atomic E-state index is 10.3. The van der Waals surface area contributed by atoms with Crippen molar-refractivity contribution in [3.8, 4) is 0 Å². The summed E-state index contributed by atoms with van der Waals surface area (Å²) in [4.78, 5) is 10.3. The van der Waals surface area contributed by atoms with E-state index >= 15 is 0 Å². The number of aromatic amines is 1. The van der Waals surface area contributed by atoms with Crippen LogP contribution in [0.25, 0.3) is 0 Å². The van der Waals surface area contributed by atoms with E-state index in [-0.39, 0.29) is 12.7 Å². The Balaban J connectivity index is 2.35. The number of carbonyl (C=O) groups is 1. The van der Waals surface area contributed by atoms with Gasteiger partial charge in [-0.2, -0.15) is 0 Å². The molecular formula is C8H13N3O3. The lowest BCUT2D eigenvalue weighted by molar-refractivity contribution is -0.144. The minimum atomic E-state index is -0.955. The number of aromatic nitrogens is 3. The van der Waals surface area contributed by atoms with Crippen LogP contribution >= 0.6 is 0 Å². The second-order valence-electron chi connectivity index (χ2n) is 2.90. The predicted octanol–water partition coefficient (Wildman–Crippen LogP) is 0.227. The van der Waals surface area contributed by atoms with Gasteiger partial charge in [0.05, 0.1) is 11.8 Å². The average molecular weight is 199 g/mol. The van der Waals surface area contributed by atoms with Crippen LogP contribution in [0.5, 0.6) is 0 Å². The summed E-state index contributed by atoms with van der Waals surface area (Å²) in [6.45, 7) is 1.67. The van der Waals surface area contributed by atoms with Gasteiger partial charge in [-0.15, -0.1) is 5.10 Å². The van der Waals surface area contributed by atoms with Gasteiger partial charge in [0.15, 0.2) is 0 Å². The van der Waals surface area contributed by atoms with Gasteiger partial charge in [0.25, 0.3) is 0 Å². The molecule has 78 valence electrons. The third-order valence-electron chi connectivity index (χ3n) is 1.80.